The molecule has 1 nitrogen and oxygen atoms in total. The number of hydrogen-bond donors (Lipinski definition) is 0. The fourth-order valence-electron chi connectivity index (χ4n) is 3.34. The average Bonchev–Trinajstić information content (AvgIpc) is 2.70. The minimum atomic E-state index is -2.15. The molecule has 0 aliphatic rings. The minimum Gasteiger partial charge on any atom is -0.301 e. The van der Waals surface area contributed by atoms with Crippen molar-refractivity contribution in [2.75, 3.05) is 0 Å². The van der Waals surface area contributed by atoms with Crippen LogP contribution in [0, 0.1) is 0 Å². The molecule has 0 aliphatic carbocycles. The molecular weight excluding hydrogens is 342 g/mol. The second-order valence-corrected chi connectivity index (χ2v) is 7.21. The number of unbranched alkanes of at least 4 members (excludes halogenated alkanes) is 4. The first-order valence-electron chi connectivity index (χ1n) is 10.2. The predicted octanol–water partition coefficient (Wildman–Crippen LogP) is 7.81. The molecule has 0 fully saturated rings. The molecule has 0 radical (unpaired) electrons. The molecule has 0 saturated carbocycles. The van der Waals surface area contributed by atoms with E-state index >= 15 is 8.78 Å². The van der Waals surface area contributed by atoms with E-state index in [1.165, 1.54) is 0 Å². The topological polar surface area (TPSA) is 9.23 Å². The van der Waals surface area contributed by atoms with E-state index in [0.29, 0.717) is 24.0 Å². The first-order chi connectivity index (χ1) is 13.0. The van der Waals surface area contributed by atoms with Crippen molar-refractivity contribution < 1.29 is 13.5 Å². The Balaban J connectivity index is 2.33. The third-order valence-electron chi connectivity index (χ3n) is 4.94. The van der Waals surface area contributed by atoms with Crippen LogP contribution in [0.3, 0.4) is 0 Å². The lowest BCUT2D eigenvalue weighted by molar-refractivity contribution is -0.295. The summed E-state index contributed by atoms with van der Waals surface area (Å²) >= 11 is 0. The van der Waals surface area contributed by atoms with Gasteiger partial charge >= 0.3 is 0 Å². The smallest absolute Gasteiger partial charge is 0.238 e. The highest BCUT2D eigenvalue weighted by Crippen LogP contribution is 2.44. The van der Waals surface area contributed by atoms with Crippen LogP contribution in [-0.4, -0.2) is 0 Å². The van der Waals surface area contributed by atoms with Gasteiger partial charge in [0.15, 0.2) is 0 Å². The highest BCUT2D eigenvalue weighted by atomic mass is 19.2. The van der Waals surface area contributed by atoms with Crippen molar-refractivity contribution >= 4 is 0 Å². The van der Waals surface area contributed by atoms with E-state index in [1.807, 2.05) is 12.1 Å². The van der Waals surface area contributed by atoms with Crippen LogP contribution in [0.4, 0.5) is 8.78 Å². The first-order valence-corrected chi connectivity index (χ1v) is 10.2. The van der Waals surface area contributed by atoms with Crippen LogP contribution in [-0.2, 0) is 16.4 Å². The Bertz CT molecular complexity index is 588. The Morgan fingerprint density at radius 3 is 1.33 bits per heavy atom. The highest BCUT2D eigenvalue weighted by molar-refractivity contribution is 5.23. The van der Waals surface area contributed by atoms with Gasteiger partial charge in [0.1, 0.15) is 0 Å². The molecular formula is C24H32F2O. The summed E-state index contributed by atoms with van der Waals surface area (Å²) in [6.07, 6.45) is 5.34. The molecule has 0 heterocycles. The Kier molecular flexibility index (Phi) is 8.43. The number of alkyl halides is 2. The van der Waals surface area contributed by atoms with Gasteiger partial charge in [0.2, 0.25) is 11.7 Å². The van der Waals surface area contributed by atoms with E-state index in [2.05, 4.69) is 13.8 Å². The molecule has 0 saturated heterocycles. The zero-order valence-electron chi connectivity index (χ0n) is 16.6. The van der Waals surface area contributed by atoms with E-state index in [0.717, 1.165) is 25.7 Å². The molecule has 148 valence electrons. The number of hydrogen-bond acceptors (Lipinski definition) is 1. The fraction of sp³-hybridized carbons (Fsp3) is 0.500. The van der Waals surface area contributed by atoms with Gasteiger partial charge in [-0.25, -0.2) is 8.78 Å². The van der Waals surface area contributed by atoms with E-state index in [-0.39, 0.29) is 12.8 Å². The van der Waals surface area contributed by atoms with Gasteiger partial charge in [0.05, 0.1) is 0 Å². The predicted molar refractivity (Wildman–Crippen MR) is 108 cm³/mol. The molecule has 2 aromatic carbocycles. The summed E-state index contributed by atoms with van der Waals surface area (Å²) in [5, 5.41) is 0. The van der Waals surface area contributed by atoms with E-state index < -0.39 is 11.7 Å². The molecule has 0 N–H and O–H groups in total. The van der Waals surface area contributed by atoms with Crippen molar-refractivity contribution in [3.63, 3.8) is 0 Å². The molecule has 2 atom stereocenters. The van der Waals surface area contributed by atoms with Crippen LogP contribution in [0.25, 0.3) is 0 Å². The summed E-state index contributed by atoms with van der Waals surface area (Å²) in [6.45, 7) is 4.13. The molecule has 0 amide bonds. The van der Waals surface area contributed by atoms with Gasteiger partial charge in [0, 0.05) is 24.0 Å². The first kappa shape index (κ1) is 21.6. The molecule has 2 rings (SSSR count). The minimum absolute atomic E-state index is 0.150. The van der Waals surface area contributed by atoms with Crippen LogP contribution in [0.2, 0.25) is 0 Å². The fourth-order valence-corrected chi connectivity index (χ4v) is 3.34. The van der Waals surface area contributed by atoms with Crippen LogP contribution in [0.5, 0.6) is 0 Å². The van der Waals surface area contributed by atoms with Gasteiger partial charge in [-0.1, -0.05) is 100 Å². The molecule has 27 heavy (non-hydrogen) atoms. The largest absolute Gasteiger partial charge is 0.301 e. The summed E-state index contributed by atoms with van der Waals surface area (Å²) < 4.78 is 37.9. The Labute approximate surface area is 162 Å². The zero-order valence-corrected chi connectivity index (χ0v) is 16.6. The Hall–Kier alpha value is -1.74. The summed E-state index contributed by atoms with van der Waals surface area (Å²) in [5.41, 5.74) is 0.768. The second kappa shape index (κ2) is 10.6. The van der Waals surface area contributed by atoms with Gasteiger partial charge in [-0.15, -0.1) is 0 Å². The van der Waals surface area contributed by atoms with Gasteiger partial charge < -0.3 is 4.74 Å². The van der Waals surface area contributed by atoms with Gasteiger partial charge in [-0.3, -0.25) is 0 Å². The van der Waals surface area contributed by atoms with Crippen molar-refractivity contribution in [1.82, 2.24) is 0 Å². The maximum atomic E-state index is 16.1. The van der Waals surface area contributed by atoms with Crippen molar-refractivity contribution in [3.05, 3.63) is 71.8 Å². The van der Waals surface area contributed by atoms with Crippen LogP contribution < -0.4 is 0 Å². The highest BCUT2D eigenvalue weighted by Gasteiger charge is 2.44. The summed E-state index contributed by atoms with van der Waals surface area (Å²) in [7, 11) is 0. The van der Waals surface area contributed by atoms with Crippen LogP contribution in [0.15, 0.2) is 60.7 Å². The lowest BCUT2D eigenvalue weighted by Crippen LogP contribution is -2.36. The van der Waals surface area contributed by atoms with Gasteiger partial charge in [0.25, 0.3) is 0 Å². The summed E-state index contributed by atoms with van der Waals surface area (Å²) in [4.78, 5) is 0. The number of ether oxygens (including phenoxy) is 1. The van der Waals surface area contributed by atoms with Gasteiger partial charge in [-0.2, -0.15) is 0 Å². The maximum absolute atomic E-state index is 16.1. The summed E-state index contributed by atoms with van der Waals surface area (Å²) in [5.74, 6) is -4.29. The van der Waals surface area contributed by atoms with Crippen molar-refractivity contribution in [1.29, 1.82) is 0 Å². The molecule has 0 aliphatic heterocycles. The number of halogens is 2. The number of benzene rings is 2. The maximum Gasteiger partial charge on any atom is 0.238 e. The third-order valence-corrected chi connectivity index (χ3v) is 4.94. The zero-order chi connectivity index (χ0) is 19.6. The molecule has 0 aromatic heterocycles. The Morgan fingerprint density at radius 2 is 1.00 bits per heavy atom. The van der Waals surface area contributed by atoms with E-state index in [1.54, 1.807) is 48.5 Å². The average molecular weight is 375 g/mol. The lowest BCUT2D eigenvalue weighted by atomic mass is 9.97. The van der Waals surface area contributed by atoms with E-state index in [4.69, 9.17) is 4.74 Å². The second-order valence-electron chi connectivity index (χ2n) is 7.21. The molecule has 2 unspecified atom stereocenters. The SMILES string of the molecule is CCCCCC(F)(OC(F)(CCCCC)c1ccccc1)c1ccccc1. The van der Waals surface area contributed by atoms with Crippen LogP contribution in [0.1, 0.15) is 76.3 Å². The number of rotatable bonds is 12. The van der Waals surface area contributed by atoms with Gasteiger partial charge in [-0.05, 0) is 12.8 Å². The lowest BCUT2D eigenvalue weighted by Gasteiger charge is -2.35. The van der Waals surface area contributed by atoms with Crippen molar-refractivity contribution in [3.8, 4) is 0 Å². The van der Waals surface area contributed by atoms with Crippen molar-refractivity contribution in [2.45, 2.75) is 76.9 Å². The Morgan fingerprint density at radius 1 is 0.630 bits per heavy atom. The normalized spacial score (nSPS) is 15.9. The standard InChI is InChI=1S/C24H32F2O/c1-3-5-13-19-23(25,21-15-9-7-10-16-21)27-24(26,20-14-6-4-2)22-17-11-8-12-18-22/h7-12,15-18H,3-6,13-14,19-20H2,1-2H3. The third kappa shape index (κ3) is 6.14. The van der Waals surface area contributed by atoms with Crippen LogP contribution >= 0.6 is 0 Å². The quantitative estimate of drug-likeness (QED) is 0.344. The monoisotopic (exact) mass is 374 g/mol. The van der Waals surface area contributed by atoms with E-state index in [9.17, 15) is 0 Å². The molecule has 2 aromatic rings. The molecule has 3 heteroatoms. The molecule has 0 spiro atoms. The summed E-state index contributed by atoms with van der Waals surface area (Å²) in [6, 6.07) is 17.5. The van der Waals surface area contributed by atoms with Crippen molar-refractivity contribution in [2.24, 2.45) is 0 Å². The molecule has 0 bridgehead atoms.